The van der Waals surface area contributed by atoms with Gasteiger partial charge in [0.25, 0.3) is 5.91 Å². The van der Waals surface area contributed by atoms with E-state index in [1.54, 1.807) is 0 Å². The molecule has 1 aliphatic carbocycles. The Hall–Kier alpha value is -3.33. The van der Waals surface area contributed by atoms with Gasteiger partial charge in [0.2, 0.25) is 5.56 Å². The van der Waals surface area contributed by atoms with Crippen molar-refractivity contribution in [1.29, 1.82) is 0 Å². The van der Waals surface area contributed by atoms with Gasteiger partial charge in [-0.25, -0.2) is 4.39 Å². The first-order chi connectivity index (χ1) is 15.5. The molecule has 0 fully saturated rings. The third kappa shape index (κ3) is 4.73. The molecule has 0 saturated heterocycles. The van der Waals surface area contributed by atoms with Crippen molar-refractivity contribution in [2.24, 2.45) is 5.92 Å². The Labute approximate surface area is 190 Å². The van der Waals surface area contributed by atoms with Gasteiger partial charge < -0.3 is 15.0 Å². The van der Waals surface area contributed by atoms with Crippen LogP contribution in [0.15, 0.2) is 47.4 Å². The molecule has 0 saturated carbocycles. The van der Waals surface area contributed by atoms with Crippen LogP contribution in [0.25, 0.3) is 0 Å². The predicted molar refractivity (Wildman–Crippen MR) is 115 cm³/mol. The third-order valence-corrected chi connectivity index (χ3v) is 5.62. The van der Waals surface area contributed by atoms with Crippen molar-refractivity contribution in [3.05, 3.63) is 86.0 Å². The molecule has 1 amide bonds. The van der Waals surface area contributed by atoms with Crippen LogP contribution in [0.3, 0.4) is 0 Å². The van der Waals surface area contributed by atoms with Gasteiger partial charge in [0.15, 0.2) is 0 Å². The lowest BCUT2D eigenvalue weighted by atomic mass is 10.1. The number of pyridine rings is 1. The number of carbonyl (C=O) groups is 1. The van der Waals surface area contributed by atoms with Crippen molar-refractivity contribution >= 4 is 23.2 Å². The van der Waals surface area contributed by atoms with E-state index in [-0.39, 0.29) is 22.9 Å². The summed E-state index contributed by atoms with van der Waals surface area (Å²) in [6.45, 7) is 1.92. The smallest absolute Gasteiger partial charge is 0.417 e. The topological polar surface area (TPSA) is 71.2 Å². The minimum atomic E-state index is -4.80. The van der Waals surface area contributed by atoms with Crippen molar-refractivity contribution < 1.29 is 27.1 Å². The Balaban J connectivity index is 1.79. The summed E-state index contributed by atoms with van der Waals surface area (Å²) in [6, 6.07) is 6.52. The molecule has 0 bridgehead atoms. The molecule has 1 aromatic heterocycles. The summed E-state index contributed by atoms with van der Waals surface area (Å²) >= 11 is 5.83. The number of benzene rings is 2. The standard InChI is InChI=1S/C23H17ClF4N2O3/c1-11-6-13-14(7-11)19(3-2-18(13)25)33-20-10-16(23(26,27)28)17(24)9-15(20)22(32)30-12-4-5-29-21(31)8-12/h2-5,8-11H,6-7H2,1H3,(H2,29,30,31,32). The molecule has 1 unspecified atom stereocenters. The Bertz CT molecular complexity index is 1300. The quantitative estimate of drug-likeness (QED) is 0.452. The van der Waals surface area contributed by atoms with E-state index in [2.05, 4.69) is 10.3 Å². The summed E-state index contributed by atoms with van der Waals surface area (Å²) in [5, 5.41) is 1.75. The largest absolute Gasteiger partial charge is 0.456 e. The van der Waals surface area contributed by atoms with Gasteiger partial charge in [0, 0.05) is 23.5 Å². The summed E-state index contributed by atoms with van der Waals surface area (Å²) < 4.78 is 60.5. The van der Waals surface area contributed by atoms with E-state index in [9.17, 15) is 27.2 Å². The number of anilines is 1. The molecular weight excluding hydrogens is 464 g/mol. The highest BCUT2D eigenvalue weighted by molar-refractivity contribution is 6.32. The zero-order valence-corrected chi connectivity index (χ0v) is 17.9. The van der Waals surface area contributed by atoms with E-state index in [4.69, 9.17) is 16.3 Å². The molecule has 2 N–H and O–H groups in total. The molecule has 10 heteroatoms. The van der Waals surface area contributed by atoms with Gasteiger partial charge in [-0.1, -0.05) is 18.5 Å². The number of ether oxygens (including phenoxy) is 1. The number of aromatic nitrogens is 1. The number of alkyl halides is 3. The van der Waals surface area contributed by atoms with Crippen LogP contribution < -0.4 is 15.6 Å². The van der Waals surface area contributed by atoms with E-state index in [0.717, 1.165) is 12.1 Å². The fourth-order valence-electron chi connectivity index (χ4n) is 3.82. The first-order valence-electron chi connectivity index (χ1n) is 9.92. The highest BCUT2D eigenvalue weighted by Gasteiger charge is 2.35. The number of fused-ring (bicyclic) bond motifs is 1. The van der Waals surface area contributed by atoms with Crippen LogP contribution in [-0.2, 0) is 19.0 Å². The van der Waals surface area contributed by atoms with E-state index in [1.165, 1.54) is 24.4 Å². The number of aromatic amines is 1. The number of amides is 1. The van der Waals surface area contributed by atoms with Gasteiger partial charge in [0.05, 0.1) is 16.1 Å². The maximum Gasteiger partial charge on any atom is 0.417 e. The Morgan fingerprint density at radius 1 is 1.12 bits per heavy atom. The molecule has 0 spiro atoms. The van der Waals surface area contributed by atoms with Gasteiger partial charge in [-0.2, -0.15) is 13.2 Å². The summed E-state index contributed by atoms with van der Waals surface area (Å²) in [6.07, 6.45) is -2.53. The number of hydrogen-bond donors (Lipinski definition) is 2. The molecule has 0 aliphatic heterocycles. The Morgan fingerprint density at radius 2 is 1.85 bits per heavy atom. The maximum atomic E-state index is 14.2. The van der Waals surface area contributed by atoms with Gasteiger partial charge >= 0.3 is 6.18 Å². The van der Waals surface area contributed by atoms with Crippen molar-refractivity contribution in [3.63, 3.8) is 0 Å². The summed E-state index contributed by atoms with van der Waals surface area (Å²) in [5.41, 5.74) is -0.823. The lowest BCUT2D eigenvalue weighted by molar-refractivity contribution is -0.137. The van der Waals surface area contributed by atoms with E-state index in [1.807, 2.05) is 6.92 Å². The second kappa shape index (κ2) is 8.55. The third-order valence-electron chi connectivity index (χ3n) is 5.31. The molecule has 2 aromatic carbocycles. The van der Waals surface area contributed by atoms with Crippen molar-refractivity contribution in [2.75, 3.05) is 5.32 Å². The fraction of sp³-hybridized carbons (Fsp3) is 0.217. The molecule has 1 heterocycles. The van der Waals surface area contributed by atoms with Gasteiger partial charge in [-0.3, -0.25) is 9.59 Å². The fourth-order valence-corrected chi connectivity index (χ4v) is 4.09. The molecule has 5 nitrogen and oxygen atoms in total. The van der Waals surface area contributed by atoms with Crippen LogP contribution in [0, 0.1) is 11.7 Å². The van der Waals surface area contributed by atoms with E-state index >= 15 is 0 Å². The number of H-pyrrole nitrogens is 1. The number of nitrogens with one attached hydrogen (secondary N) is 2. The predicted octanol–water partition coefficient (Wildman–Crippen LogP) is 5.97. The lowest BCUT2D eigenvalue weighted by Crippen LogP contribution is -2.16. The molecule has 1 atom stereocenters. The number of rotatable bonds is 4. The molecule has 0 radical (unpaired) electrons. The zero-order chi connectivity index (χ0) is 23.9. The molecule has 33 heavy (non-hydrogen) atoms. The number of hydrogen-bond acceptors (Lipinski definition) is 3. The second-order valence-electron chi connectivity index (χ2n) is 7.84. The Kier molecular flexibility index (Phi) is 5.92. The molecule has 1 aliphatic rings. The normalized spacial score (nSPS) is 15.3. The average molecular weight is 481 g/mol. The minimum Gasteiger partial charge on any atom is -0.456 e. The molecule has 172 valence electrons. The van der Waals surface area contributed by atoms with Gasteiger partial charge in [-0.15, -0.1) is 0 Å². The van der Waals surface area contributed by atoms with E-state index < -0.39 is 39.8 Å². The van der Waals surface area contributed by atoms with Crippen molar-refractivity contribution in [3.8, 4) is 11.5 Å². The second-order valence-corrected chi connectivity index (χ2v) is 8.25. The van der Waals surface area contributed by atoms with Gasteiger partial charge in [0.1, 0.15) is 17.3 Å². The zero-order valence-electron chi connectivity index (χ0n) is 17.1. The molecule has 4 rings (SSSR count). The SMILES string of the molecule is CC1Cc2c(F)ccc(Oc3cc(C(F)(F)F)c(Cl)cc3C(=O)Nc3cc[nH]c(=O)c3)c2C1. The summed E-state index contributed by atoms with van der Waals surface area (Å²) in [7, 11) is 0. The van der Waals surface area contributed by atoms with E-state index in [0.29, 0.717) is 30.0 Å². The first kappa shape index (κ1) is 22.8. The van der Waals surface area contributed by atoms with Crippen LogP contribution in [0.1, 0.15) is 34.0 Å². The number of carbonyl (C=O) groups excluding carboxylic acids is 1. The Morgan fingerprint density at radius 3 is 2.55 bits per heavy atom. The van der Waals surface area contributed by atoms with Crippen LogP contribution in [0.5, 0.6) is 11.5 Å². The summed E-state index contributed by atoms with van der Waals surface area (Å²) in [5.74, 6) is -1.35. The van der Waals surface area contributed by atoms with Crippen LogP contribution in [0.2, 0.25) is 5.02 Å². The molecular formula is C23H17ClF4N2O3. The average Bonchev–Trinajstić information content (AvgIpc) is 3.12. The molecule has 3 aromatic rings. The highest BCUT2D eigenvalue weighted by Crippen LogP contribution is 2.42. The highest BCUT2D eigenvalue weighted by atomic mass is 35.5. The maximum absolute atomic E-state index is 14.2. The van der Waals surface area contributed by atoms with Crippen molar-refractivity contribution in [2.45, 2.75) is 25.9 Å². The first-order valence-corrected chi connectivity index (χ1v) is 10.3. The van der Waals surface area contributed by atoms with Gasteiger partial charge in [-0.05, 0) is 54.7 Å². The van der Waals surface area contributed by atoms with Crippen LogP contribution in [0.4, 0.5) is 23.2 Å². The van der Waals surface area contributed by atoms with Crippen molar-refractivity contribution in [1.82, 2.24) is 4.98 Å². The lowest BCUT2D eigenvalue weighted by Gasteiger charge is -2.17. The number of halogens is 5. The van der Waals surface area contributed by atoms with Crippen LogP contribution in [-0.4, -0.2) is 10.9 Å². The van der Waals surface area contributed by atoms with Crippen LogP contribution >= 0.6 is 11.6 Å². The summed E-state index contributed by atoms with van der Waals surface area (Å²) in [4.78, 5) is 26.8. The minimum absolute atomic E-state index is 0.127. The monoisotopic (exact) mass is 480 g/mol.